The molecule has 0 aromatic heterocycles. The van der Waals surface area contributed by atoms with E-state index in [2.05, 4.69) is 41.5 Å². The van der Waals surface area contributed by atoms with Crippen molar-refractivity contribution in [2.75, 3.05) is 0 Å². The average molecular weight is 461 g/mol. The van der Waals surface area contributed by atoms with Crippen LogP contribution in [0.15, 0.2) is 0 Å². The minimum absolute atomic E-state index is 0.0548. The highest BCUT2D eigenvalue weighted by molar-refractivity contribution is 5.66. The molecule has 0 aromatic carbocycles. The Balaban J connectivity index is 1.59. The SMILES string of the molecule is CC(=O)O[C@@H]1C[C@]2(C)[C@H](CC[C@@H]2[C@H](C)CC[C@H](C)C(C)C)[C@@H]2CC[C@H]3C[C@H](O)CC[C@@]3(C)[C@@H]21. The summed E-state index contributed by atoms with van der Waals surface area (Å²) in [4.78, 5) is 12.3. The Morgan fingerprint density at radius 1 is 1.00 bits per heavy atom. The highest BCUT2D eigenvalue weighted by Gasteiger charge is 2.64. The zero-order valence-electron chi connectivity index (χ0n) is 22.6. The molecule has 11 atom stereocenters. The maximum atomic E-state index is 12.3. The van der Waals surface area contributed by atoms with Gasteiger partial charge in [-0.1, -0.05) is 54.4 Å². The van der Waals surface area contributed by atoms with Crippen LogP contribution in [0.3, 0.4) is 0 Å². The number of hydrogen-bond donors (Lipinski definition) is 1. The first-order chi connectivity index (χ1) is 15.5. The largest absolute Gasteiger partial charge is 0.462 e. The summed E-state index contributed by atoms with van der Waals surface area (Å²) in [6.07, 6.45) is 11.8. The molecule has 4 fully saturated rings. The van der Waals surface area contributed by atoms with Gasteiger partial charge in [0.2, 0.25) is 0 Å². The third-order valence-corrected chi connectivity index (χ3v) is 11.8. The smallest absolute Gasteiger partial charge is 0.302 e. The van der Waals surface area contributed by atoms with Crippen molar-refractivity contribution in [3.05, 3.63) is 0 Å². The van der Waals surface area contributed by atoms with Gasteiger partial charge in [-0.2, -0.15) is 0 Å². The molecule has 0 heterocycles. The molecule has 0 aliphatic heterocycles. The lowest BCUT2D eigenvalue weighted by Gasteiger charge is -2.63. The van der Waals surface area contributed by atoms with Crippen molar-refractivity contribution in [2.24, 2.45) is 58.2 Å². The van der Waals surface area contributed by atoms with Crippen LogP contribution >= 0.6 is 0 Å². The standard InChI is InChI=1S/C30H52O3/c1-18(2)19(3)8-9-20(4)25-12-13-26-24-11-10-22-16-23(32)14-15-29(22,6)28(24)27(33-21(5)31)17-30(25,26)7/h18-20,22-28,32H,8-17H2,1-7H3/t19-,20+,22-,23+,24-,25+,26+,27+,28-,29+,30-/m0/s1. The van der Waals surface area contributed by atoms with Gasteiger partial charge in [0.25, 0.3) is 0 Å². The minimum Gasteiger partial charge on any atom is -0.462 e. The summed E-state index contributed by atoms with van der Waals surface area (Å²) in [6.45, 7) is 16.3. The Kier molecular flexibility index (Phi) is 7.33. The van der Waals surface area contributed by atoms with E-state index in [9.17, 15) is 9.90 Å². The number of hydrogen-bond acceptors (Lipinski definition) is 3. The lowest BCUT2D eigenvalue weighted by molar-refractivity contribution is -0.199. The number of esters is 1. The predicted molar refractivity (Wildman–Crippen MR) is 135 cm³/mol. The molecule has 0 amide bonds. The molecule has 0 unspecified atom stereocenters. The quantitative estimate of drug-likeness (QED) is 0.424. The number of ether oxygens (including phenoxy) is 1. The van der Waals surface area contributed by atoms with Gasteiger partial charge in [-0.15, -0.1) is 0 Å². The number of carbonyl (C=O) groups excluding carboxylic acids is 1. The lowest BCUT2D eigenvalue weighted by atomic mass is 9.43. The molecule has 0 bridgehead atoms. The number of fused-ring (bicyclic) bond motifs is 5. The van der Waals surface area contributed by atoms with Crippen LogP contribution in [0.2, 0.25) is 0 Å². The Bertz CT molecular complexity index is 703. The number of aliphatic hydroxyl groups excluding tert-OH is 1. The molecule has 0 spiro atoms. The van der Waals surface area contributed by atoms with E-state index in [1.165, 1.54) is 38.5 Å². The first-order valence-electron chi connectivity index (χ1n) is 14.3. The number of carbonyl (C=O) groups is 1. The van der Waals surface area contributed by atoms with Crippen LogP contribution in [0.5, 0.6) is 0 Å². The molecule has 0 aromatic rings. The monoisotopic (exact) mass is 460 g/mol. The summed E-state index contributed by atoms with van der Waals surface area (Å²) in [7, 11) is 0. The van der Waals surface area contributed by atoms with E-state index in [1.54, 1.807) is 6.92 Å². The van der Waals surface area contributed by atoms with Gasteiger partial charge in [-0.3, -0.25) is 4.79 Å². The van der Waals surface area contributed by atoms with Crippen molar-refractivity contribution in [1.29, 1.82) is 0 Å². The van der Waals surface area contributed by atoms with Crippen molar-refractivity contribution in [1.82, 2.24) is 0 Å². The third-order valence-electron chi connectivity index (χ3n) is 11.8. The van der Waals surface area contributed by atoms with E-state index in [0.29, 0.717) is 23.2 Å². The van der Waals surface area contributed by atoms with E-state index in [4.69, 9.17) is 4.74 Å². The van der Waals surface area contributed by atoms with Crippen LogP contribution in [0.1, 0.15) is 113 Å². The van der Waals surface area contributed by atoms with Crippen molar-refractivity contribution in [3.8, 4) is 0 Å². The molecule has 3 heteroatoms. The van der Waals surface area contributed by atoms with Crippen LogP contribution in [-0.4, -0.2) is 23.3 Å². The normalized spacial score (nSPS) is 46.8. The number of aliphatic hydroxyl groups is 1. The second-order valence-corrected chi connectivity index (χ2v) is 13.8. The fraction of sp³-hybridized carbons (Fsp3) is 0.967. The summed E-state index contributed by atoms with van der Waals surface area (Å²) in [5.41, 5.74) is 0.499. The zero-order valence-corrected chi connectivity index (χ0v) is 22.6. The molecule has 4 rings (SSSR count). The van der Waals surface area contributed by atoms with Crippen molar-refractivity contribution in [3.63, 3.8) is 0 Å². The van der Waals surface area contributed by atoms with Gasteiger partial charge in [0.1, 0.15) is 6.10 Å². The van der Waals surface area contributed by atoms with E-state index in [1.807, 2.05) is 0 Å². The van der Waals surface area contributed by atoms with Gasteiger partial charge in [-0.25, -0.2) is 0 Å². The Labute approximate surface area is 203 Å². The summed E-state index contributed by atoms with van der Waals surface area (Å²) in [5, 5.41) is 10.4. The molecule has 0 saturated heterocycles. The molecular formula is C30H52O3. The topological polar surface area (TPSA) is 46.5 Å². The fourth-order valence-corrected chi connectivity index (χ4v) is 9.68. The van der Waals surface area contributed by atoms with Crippen LogP contribution in [0.4, 0.5) is 0 Å². The van der Waals surface area contributed by atoms with E-state index in [-0.39, 0.29) is 23.6 Å². The Hall–Kier alpha value is -0.570. The second-order valence-electron chi connectivity index (χ2n) is 13.8. The summed E-state index contributed by atoms with van der Waals surface area (Å²) < 4.78 is 6.23. The molecular weight excluding hydrogens is 408 g/mol. The Morgan fingerprint density at radius 2 is 1.73 bits per heavy atom. The highest BCUT2D eigenvalue weighted by Crippen LogP contribution is 2.68. The van der Waals surface area contributed by atoms with E-state index < -0.39 is 0 Å². The average Bonchev–Trinajstić information content (AvgIpc) is 3.08. The van der Waals surface area contributed by atoms with E-state index >= 15 is 0 Å². The maximum absolute atomic E-state index is 12.3. The molecule has 4 aliphatic rings. The van der Waals surface area contributed by atoms with Crippen LogP contribution in [-0.2, 0) is 9.53 Å². The first-order valence-corrected chi connectivity index (χ1v) is 14.3. The van der Waals surface area contributed by atoms with Crippen LogP contribution < -0.4 is 0 Å². The van der Waals surface area contributed by atoms with Crippen molar-refractivity contribution < 1.29 is 14.6 Å². The summed E-state index contributed by atoms with van der Waals surface area (Å²) >= 11 is 0. The van der Waals surface area contributed by atoms with Crippen LogP contribution in [0.25, 0.3) is 0 Å². The molecule has 4 aliphatic carbocycles. The molecule has 0 radical (unpaired) electrons. The van der Waals surface area contributed by atoms with Crippen LogP contribution in [0, 0.1) is 58.2 Å². The van der Waals surface area contributed by atoms with Gasteiger partial charge in [0, 0.05) is 12.8 Å². The maximum Gasteiger partial charge on any atom is 0.302 e. The number of rotatable bonds is 6. The van der Waals surface area contributed by atoms with Crippen molar-refractivity contribution >= 4 is 5.97 Å². The van der Waals surface area contributed by atoms with Gasteiger partial charge in [0.05, 0.1) is 6.10 Å². The predicted octanol–water partition coefficient (Wildman–Crippen LogP) is 7.26. The van der Waals surface area contributed by atoms with Gasteiger partial charge in [-0.05, 0) is 104 Å². The first kappa shape index (κ1) is 25.5. The van der Waals surface area contributed by atoms with E-state index in [0.717, 1.165) is 55.3 Å². The fourth-order valence-electron chi connectivity index (χ4n) is 9.68. The Morgan fingerprint density at radius 3 is 2.39 bits per heavy atom. The molecule has 1 N–H and O–H groups in total. The lowest BCUT2D eigenvalue weighted by Crippen LogP contribution is -2.60. The van der Waals surface area contributed by atoms with Crippen molar-refractivity contribution in [2.45, 2.75) is 125 Å². The third kappa shape index (κ3) is 4.54. The zero-order chi connectivity index (χ0) is 24.1. The van der Waals surface area contributed by atoms with Gasteiger partial charge >= 0.3 is 5.97 Å². The highest BCUT2D eigenvalue weighted by atomic mass is 16.5. The molecule has 3 nitrogen and oxygen atoms in total. The second kappa shape index (κ2) is 9.47. The molecule has 33 heavy (non-hydrogen) atoms. The minimum atomic E-state index is -0.134. The summed E-state index contributed by atoms with van der Waals surface area (Å²) in [6, 6.07) is 0. The summed E-state index contributed by atoms with van der Waals surface area (Å²) in [5.74, 6) is 5.45. The van der Waals surface area contributed by atoms with Gasteiger partial charge in [0.15, 0.2) is 0 Å². The molecule has 190 valence electrons. The van der Waals surface area contributed by atoms with Gasteiger partial charge < -0.3 is 9.84 Å². The molecule has 4 saturated carbocycles.